The number of ether oxygens (including phenoxy) is 2. The molecule has 0 fully saturated rings. The number of pyridine rings is 4. The Hall–Kier alpha value is -6.48. The summed E-state index contributed by atoms with van der Waals surface area (Å²) < 4.78 is 12.8. The molecule has 2 aliphatic heterocycles. The third-order valence-electron chi connectivity index (χ3n) is 12.0. The van der Waals surface area contributed by atoms with Crippen molar-refractivity contribution in [3.8, 4) is 22.6 Å². The number of rotatable bonds is 11. The van der Waals surface area contributed by atoms with Crippen LogP contribution in [0.1, 0.15) is 104 Å². The van der Waals surface area contributed by atoms with E-state index in [0.717, 1.165) is 78.5 Å². The molecule has 68 heavy (non-hydrogen) atoms. The number of carbonyl (C=O) groups is 2. The van der Waals surface area contributed by atoms with Gasteiger partial charge in [-0.05, 0) is 168 Å². The number of aromatic amines is 2. The SMILES string of the molecule is C=CC1(C)Cc2cc(C(=O)CCc3c(C)cc(C)[nH]c3=O)cc(-c3ccc(C)nc3)c2O1.CC1=CCOc2c(Br)cc(C(=O)CCc3c(C)cc(C)[nH]c3=O)cc2C1.Cc1ccc(B(O)O)cn1. The number of nitrogens with one attached hydrogen (secondary N) is 2. The molecule has 0 radical (unpaired) electrons. The van der Waals surface area contributed by atoms with Gasteiger partial charge in [0.05, 0.1) is 4.47 Å². The lowest BCUT2D eigenvalue weighted by Gasteiger charge is -2.19. The smallest absolute Gasteiger partial charge is 0.488 e. The Balaban J connectivity index is 0.000000189. The summed E-state index contributed by atoms with van der Waals surface area (Å²) in [5.41, 5.74) is 12.6. The Morgan fingerprint density at radius 3 is 1.85 bits per heavy atom. The van der Waals surface area contributed by atoms with Crippen LogP contribution in [-0.2, 0) is 25.7 Å². The molecular formula is C54H58BBrN4O8. The van der Waals surface area contributed by atoms with Gasteiger partial charge in [-0.15, -0.1) is 0 Å². The molecule has 352 valence electrons. The van der Waals surface area contributed by atoms with Gasteiger partial charge in [0.1, 0.15) is 23.7 Å². The normalized spacial score (nSPS) is 14.5. The number of aromatic nitrogens is 4. The highest BCUT2D eigenvalue weighted by Gasteiger charge is 2.35. The van der Waals surface area contributed by atoms with Gasteiger partial charge in [0.25, 0.3) is 11.1 Å². The second-order valence-corrected chi connectivity index (χ2v) is 18.7. The molecule has 4 aromatic heterocycles. The summed E-state index contributed by atoms with van der Waals surface area (Å²) in [4.78, 5) is 64.3. The zero-order valence-electron chi connectivity index (χ0n) is 39.9. The lowest BCUT2D eigenvalue weighted by molar-refractivity contribution is 0.0974. The zero-order chi connectivity index (χ0) is 49.4. The summed E-state index contributed by atoms with van der Waals surface area (Å²) in [5, 5.41) is 17.3. The number of hydrogen-bond acceptors (Lipinski definition) is 10. The van der Waals surface area contributed by atoms with Gasteiger partial charge in [-0.3, -0.25) is 29.1 Å². The molecule has 8 rings (SSSR count). The summed E-state index contributed by atoms with van der Waals surface area (Å²) in [5.74, 6) is 1.61. The molecule has 1 unspecified atom stereocenters. The van der Waals surface area contributed by atoms with E-state index in [-0.39, 0.29) is 29.1 Å². The first kappa shape index (κ1) is 50.9. The maximum atomic E-state index is 13.2. The van der Waals surface area contributed by atoms with E-state index in [1.165, 1.54) is 11.8 Å². The summed E-state index contributed by atoms with van der Waals surface area (Å²) in [6.45, 7) is 19.8. The van der Waals surface area contributed by atoms with Crippen molar-refractivity contribution in [2.45, 2.75) is 99.5 Å². The van der Waals surface area contributed by atoms with E-state index in [2.05, 4.69) is 55.4 Å². The van der Waals surface area contributed by atoms with E-state index in [1.54, 1.807) is 24.4 Å². The lowest BCUT2D eigenvalue weighted by atomic mass is 9.82. The molecular weight excluding hydrogens is 923 g/mol. The van der Waals surface area contributed by atoms with Gasteiger partial charge in [0.15, 0.2) is 11.6 Å². The summed E-state index contributed by atoms with van der Waals surface area (Å²) in [6, 6.07) is 18.7. The van der Waals surface area contributed by atoms with Crippen LogP contribution >= 0.6 is 15.9 Å². The van der Waals surface area contributed by atoms with Gasteiger partial charge in [0.2, 0.25) is 0 Å². The molecule has 2 aromatic carbocycles. The summed E-state index contributed by atoms with van der Waals surface area (Å²) >= 11 is 3.53. The topological polar surface area (TPSA) is 185 Å². The molecule has 6 heterocycles. The van der Waals surface area contributed by atoms with Gasteiger partial charge < -0.3 is 29.5 Å². The molecule has 0 spiro atoms. The van der Waals surface area contributed by atoms with Crippen LogP contribution in [0.25, 0.3) is 11.1 Å². The number of ketones is 2. The van der Waals surface area contributed by atoms with Crippen molar-refractivity contribution in [3.05, 3.63) is 190 Å². The summed E-state index contributed by atoms with van der Waals surface area (Å²) in [7, 11) is -1.41. The Bertz CT molecular complexity index is 3010. The maximum absolute atomic E-state index is 13.2. The number of nitrogens with zero attached hydrogens (tertiary/aromatic N) is 2. The first-order valence-electron chi connectivity index (χ1n) is 22.5. The molecule has 12 nitrogen and oxygen atoms in total. The molecule has 6 aromatic rings. The van der Waals surface area contributed by atoms with Crippen molar-refractivity contribution in [1.29, 1.82) is 0 Å². The molecule has 0 bridgehead atoms. The molecule has 0 aliphatic carbocycles. The van der Waals surface area contributed by atoms with Gasteiger partial charge in [-0.25, -0.2) is 0 Å². The van der Waals surface area contributed by atoms with Gasteiger partial charge in [-0.2, -0.15) is 0 Å². The first-order chi connectivity index (χ1) is 32.2. The summed E-state index contributed by atoms with van der Waals surface area (Å²) in [6.07, 6.45) is 9.93. The van der Waals surface area contributed by atoms with Crippen LogP contribution in [-0.4, -0.2) is 60.9 Å². The Morgan fingerprint density at radius 1 is 0.779 bits per heavy atom. The number of benzene rings is 2. The van der Waals surface area contributed by atoms with Crippen molar-refractivity contribution in [2.24, 2.45) is 0 Å². The van der Waals surface area contributed by atoms with Crippen LogP contribution in [0, 0.1) is 41.5 Å². The van der Waals surface area contributed by atoms with E-state index in [1.807, 2.05) is 97.0 Å². The molecule has 14 heteroatoms. The van der Waals surface area contributed by atoms with Gasteiger partial charge >= 0.3 is 7.12 Å². The number of Topliss-reactive ketones (excluding diaryl/α,β-unsaturated/α-hetero) is 2. The van der Waals surface area contributed by atoms with Crippen LogP contribution in [0.15, 0.2) is 111 Å². The standard InChI is InChI=1S/C27H28N2O3.C21H22BrNO3.C6H8BNO2/c1-6-27(5)14-21-12-20(13-23(25(21)32-27)19-8-7-17(3)28-15-19)24(30)10-9-22-16(2)11-18(4)29-26(22)31;1-12-6-7-26-20-16(8-12)10-15(11-18(20)22)19(24)5-4-17-13(2)9-14(3)23-21(17)25;1-5-2-3-6(4-8-5)7(9)10/h6-8,11-13,15H,1,9-10,14H2,2-5H3,(H,29,31);6,9-11H,4-5,7-8H2,1-3H3,(H,23,25);2-4,9-10H,1H3. The van der Waals surface area contributed by atoms with Crippen molar-refractivity contribution in [3.63, 3.8) is 0 Å². The van der Waals surface area contributed by atoms with Crippen LogP contribution in [0.2, 0.25) is 0 Å². The van der Waals surface area contributed by atoms with E-state index in [0.29, 0.717) is 60.0 Å². The van der Waals surface area contributed by atoms with Crippen molar-refractivity contribution in [1.82, 2.24) is 19.9 Å². The zero-order valence-corrected chi connectivity index (χ0v) is 41.5. The highest BCUT2D eigenvalue weighted by atomic mass is 79.9. The number of aryl methyl sites for hydroxylation is 6. The number of fused-ring (bicyclic) bond motifs is 2. The number of H-pyrrole nitrogens is 2. The van der Waals surface area contributed by atoms with Crippen molar-refractivity contribution < 1.29 is 29.1 Å². The Kier molecular flexibility index (Phi) is 16.5. The minimum Gasteiger partial charge on any atom is -0.488 e. The van der Waals surface area contributed by atoms with Gasteiger partial charge in [0, 0.05) is 98.8 Å². The van der Waals surface area contributed by atoms with E-state index in [9.17, 15) is 19.2 Å². The van der Waals surface area contributed by atoms with Crippen LogP contribution in [0.3, 0.4) is 0 Å². The van der Waals surface area contributed by atoms with Crippen molar-refractivity contribution in [2.75, 3.05) is 6.61 Å². The van der Waals surface area contributed by atoms with Crippen LogP contribution < -0.4 is 26.1 Å². The predicted molar refractivity (Wildman–Crippen MR) is 272 cm³/mol. The minimum atomic E-state index is -1.41. The quantitative estimate of drug-likeness (QED) is 0.0557. The average molecular weight is 982 g/mol. The predicted octanol–water partition coefficient (Wildman–Crippen LogP) is 8.58. The number of carbonyl (C=O) groups excluding carboxylic acids is 2. The highest BCUT2D eigenvalue weighted by molar-refractivity contribution is 9.10. The molecule has 0 amide bonds. The monoisotopic (exact) mass is 980 g/mol. The van der Waals surface area contributed by atoms with Crippen LogP contribution in [0.4, 0.5) is 0 Å². The second-order valence-electron chi connectivity index (χ2n) is 17.8. The lowest BCUT2D eigenvalue weighted by Crippen LogP contribution is -2.29. The maximum Gasteiger partial charge on any atom is 0.490 e. The fraction of sp³-hybridized carbons (Fsp3) is 0.296. The van der Waals surface area contributed by atoms with Gasteiger partial charge in [-0.1, -0.05) is 24.3 Å². The Labute approximate surface area is 405 Å². The van der Waals surface area contributed by atoms with Crippen molar-refractivity contribution >= 4 is 40.1 Å². The number of hydrogen-bond donors (Lipinski definition) is 4. The van der Waals surface area contributed by atoms with E-state index < -0.39 is 12.7 Å². The molecule has 0 saturated heterocycles. The highest BCUT2D eigenvalue weighted by Crippen LogP contribution is 2.44. The number of allylic oxidation sites excluding steroid dienone is 1. The molecule has 1 atom stereocenters. The third kappa shape index (κ3) is 12.7. The first-order valence-corrected chi connectivity index (χ1v) is 23.3. The fourth-order valence-electron chi connectivity index (χ4n) is 8.23. The molecule has 4 N–H and O–H groups in total. The van der Waals surface area contributed by atoms with E-state index >= 15 is 0 Å². The molecule has 0 saturated carbocycles. The average Bonchev–Trinajstić information content (AvgIpc) is 3.51. The molecule has 2 aliphatic rings. The fourth-order valence-corrected chi connectivity index (χ4v) is 8.85. The minimum absolute atomic E-state index is 0.000650. The van der Waals surface area contributed by atoms with E-state index in [4.69, 9.17) is 19.5 Å². The number of halogens is 1. The van der Waals surface area contributed by atoms with Crippen LogP contribution in [0.5, 0.6) is 11.5 Å². The second kappa shape index (κ2) is 22.1. The largest absolute Gasteiger partial charge is 0.490 e. The Morgan fingerprint density at radius 2 is 1.34 bits per heavy atom. The third-order valence-corrected chi connectivity index (χ3v) is 12.6.